The second kappa shape index (κ2) is 4.11. The third kappa shape index (κ3) is 3.36. The minimum atomic E-state index is -0.184. The van der Waals surface area contributed by atoms with E-state index >= 15 is 0 Å². The molecule has 0 amide bonds. The summed E-state index contributed by atoms with van der Waals surface area (Å²) < 4.78 is 11.0. The Hall–Kier alpha value is -0.540. The summed E-state index contributed by atoms with van der Waals surface area (Å²) in [6.45, 7) is 7.51. The number of rotatable bonds is 2. The smallest absolute Gasteiger partial charge is 0.161 e. The van der Waals surface area contributed by atoms with Gasteiger partial charge in [0.1, 0.15) is 0 Å². The molecule has 1 fully saturated rings. The van der Waals surface area contributed by atoms with Gasteiger partial charge in [-0.15, -0.1) is 0 Å². The Kier molecular flexibility index (Phi) is 3.33. The Morgan fingerprint density at radius 1 is 1.46 bits per heavy atom. The van der Waals surface area contributed by atoms with Crippen LogP contribution in [-0.4, -0.2) is 24.6 Å². The van der Waals surface area contributed by atoms with Gasteiger partial charge in [-0.25, -0.2) is 0 Å². The fourth-order valence-corrected chi connectivity index (χ4v) is 1.16. The van der Waals surface area contributed by atoms with Crippen LogP contribution in [0.3, 0.4) is 0 Å². The average molecular weight is 186 g/mol. The van der Waals surface area contributed by atoms with E-state index in [0.29, 0.717) is 6.42 Å². The van der Waals surface area contributed by atoms with Crippen LogP contribution in [-0.2, 0) is 9.47 Å². The molecule has 1 aliphatic heterocycles. The van der Waals surface area contributed by atoms with E-state index in [4.69, 9.17) is 14.6 Å². The highest BCUT2D eigenvalue weighted by atomic mass is 16.7. The second-order valence-electron chi connectivity index (χ2n) is 4.40. The lowest BCUT2D eigenvalue weighted by Gasteiger charge is -2.34. The predicted molar refractivity (Wildman–Crippen MR) is 50.5 cm³/mol. The van der Waals surface area contributed by atoms with Crippen molar-refractivity contribution in [2.75, 3.05) is 13.2 Å². The highest BCUT2D eigenvalue weighted by Crippen LogP contribution is 2.25. The third-order valence-corrected chi connectivity index (χ3v) is 2.03. The molecule has 0 unspecified atom stereocenters. The van der Waals surface area contributed by atoms with E-state index in [1.807, 2.05) is 6.92 Å². The van der Waals surface area contributed by atoms with Crippen LogP contribution in [0.2, 0.25) is 0 Å². The van der Waals surface area contributed by atoms with Gasteiger partial charge in [0.25, 0.3) is 0 Å². The molecular weight excluding hydrogens is 168 g/mol. The molecule has 0 aromatic carbocycles. The van der Waals surface area contributed by atoms with E-state index < -0.39 is 0 Å². The Bertz CT molecular complexity index is 186. The zero-order chi connectivity index (χ0) is 9.90. The molecule has 0 aromatic rings. The molecular formula is C10H18O3. The third-order valence-electron chi connectivity index (χ3n) is 2.03. The highest BCUT2D eigenvalue weighted by molar-refractivity contribution is 4.93. The Morgan fingerprint density at radius 2 is 2.00 bits per heavy atom. The molecule has 0 spiro atoms. The number of aliphatic hydroxyl groups is 1. The van der Waals surface area contributed by atoms with Crippen LogP contribution in [0, 0.1) is 5.41 Å². The van der Waals surface area contributed by atoms with Gasteiger partial charge < -0.3 is 14.6 Å². The van der Waals surface area contributed by atoms with Gasteiger partial charge >= 0.3 is 0 Å². The molecule has 76 valence electrons. The van der Waals surface area contributed by atoms with Gasteiger partial charge in [0.2, 0.25) is 0 Å². The molecule has 3 heteroatoms. The van der Waals surface area contributed by atoms with Gasteiger partial charge in [0.15, 0.2) is 6.29 Å². The van der Waals surface area contributed by atoms with Crippen molar-refractivity contribution in [1.82, 2.24) is 0 Å². The van der Waals surface area contributed by atoms with E-state index in [9.17, 15) is 0 Å². The van der Waals surface area contributed by atoms with E-state index in [-0.39, 0.29) is 11.7 Å². The maximum Gasteiger partial charge on any atom is 0.161 e. The van der Waals surface area contributed by atoms with Gasteiger partial charge in [-0.3, -0.25) is 0 Å². The molecule has 13 heavy (non-hydrogen) atoms. The monoisotopic (exact) mass is 186 g/mol. The molecule has 0 radical (unpaired) electrons. The minimum absolute atomic E-state index is 0.118. The first-order chi connectivity index (χ1) is 6.03. The van der Waals surface area contributed by atoms with Crippen LogP contribution in [0.5, 0.6) is 0 Å². The second-order valence-corrected chi connectivity index (χ2v) is 4.40. The zero-order valence-electron chi connectivity index (χ0n) is 8.54. The first kappa shape index (κ1) is 10.5. The quantitative estimate of drug-likeness (QED) is 0.672. The van der Waals surface area contributed by atoms with Gasteiger partial charge in [-0.05, 0) is 12.5 Å². The Labute approximate surface area is 79.3 Å². The van der Waals surface area contributed by atoms with E-state index in [1.165, 1.54) is 0 Å². The van der Waals surface area contributed by atoms with Gasteiger partial charge in [-0.1, -0.05) is 13.8 Å². The lowest BCUT2D eigenvalue weighted by molar-refractivity contribution is -0.220. The number of ether oxygens (including phenoxy) is 2. The summed E-state index contributed by atoms with van der Waals surface area (Å²) in [5.74, 6) is 0. The molecule has 0 bridgehead atoms. The summed E-state index contributed by atoms with van der Waals surface area (Å²) in [6, 6.07) is 0. The van der Waals surface area contributed by atoms with Crippen molar-refractivity contribution in [1.29, 1.82) is 0 Å². The van der Waals surface area contributed by atoms with Crippen LogP contribution in [0.25, 0.3) is 0 Å². The Morgan fingerprint density at radius 3 is 2.46 bits per heavy atom. The van der Waals surface area contributed by atoms with Crippen molar-refractivity contribution in [2.45, 2.75) is 33.5 Å². The molecule has 1 aliphatic rings. The maximum absolute atomic E-state index is 8.69. The van der Waals surface area contributed by atoms with Gasteiger partial charge in [0.05, 0.1) is 19.5 Å². The topological polar surface area (TPSA) is 38.7 Å². The summed E-state index contributed by atoms with van der Waals surface area (Å²) in [7, 11) is 0. The fourth-order valence-electron chi connectivity index (χ4n) is 1.16. The van der Waals surface area contributed by atoms with E-state index in [1.54, 1.807) is 0 Å². The lowest BCUT2D eigenvalue weighted by atomic mass is 9.95. The summed E-state index contributed by atoms with van der Waals surface area (Å²) in [5, 5.41) is 8.69. The van der Waals surface area contributed by atoms with Crippen LogP contribution in [0.15, 0.2) is 11.8 Å². The van der Waals surface area contributed by atoms with Crippen LogP contribution in [0.1, 0.15) is 27.2 Å². The SMILES string of the molecule is C/C(=C/O)CC1OCC(C)(C)CO1. The molecule has 1 saturated heterocycles. The van der Waals surface area contributed by atoms with Crippen molar-refractivity contribution >= 4 is 0 Å². The van der Waals surface area contributed by atoms with Crippen LogP contribution < -0.4 is 0 Å². The molecule has 1 rings (SSSR count). The highest BCUT2D eigenvalue weighted by Gasteiger charge is 2.28. The Balaban J connectivity index is 2.33. The summed E-state index contributed by atoms with van der Waals surface area (Å²) >= 11 is 0. The van der Waals surface area contributed by atoms with Crippen molar-refractivity contribution < 1.29 is 14.6 Å². The van der Waals surface area contributed by atoms with Crippen molar-refractivity contribution in [3.63, 3.8) is 0 Å². The summed E-state index contributed by atoms with van der Waals surface area (Å²) in [4.78, 5) is 0. The van der Waals surface area contributed by atoms with Crippen LogP contribution in [0.4, 0.5) is 0 Å². The first-order valence-corrected chi connectivity index (χ1v) is 4.56. The fraction of sp³-hybridized carbons (Fsp3) is 0.800. The lowest BCUT2D eigenvalue weighted by Crippen LogP contribution is -2.37. The number of aliphatic hydroxyl groups excluding tert-OH is 1. The maximum atomic E-state index is 8.69. The van der Waals surface area contributed by atoms with Gasteiger partial charge in [-0.2, -0.15) is 0 Å². The molecule has 0 aromatic heterocycles. The zero-order valence-corrected chi connectivity index (χ0v) is 8.54. The van der Waals surface area contributed by atoms with E-state index in [0.717, 1.165) is 25.0 Å². The summed E-state index contributed by atoms with van der Waals surface area (Å²) in [5.41, 5.74) is 0.998. The predicted octanol–water partition coefficient (Wildman–Crippen LogP) is 2.24. The molecule has 0 saturated carbocycles. The van der Waals surface area contributed by atoms with Crippen molar-refractivity contribution in [2.24, 2.45) is 5.41 Å². The van der Waals surface area contributed by atoms with Crippen molar-refractivity contribution in [3.05, 3.63) is 11.8 Å². The average Bonchev–Trinajstić information content (AvgIpc) is 2.08. The number of hydrogen-bond acceptors (Lipinski definition) is 3. The van der Waals surface area contributed by atoms with Gasteiger partial charge in [0, 0.05) is 11.8 Å². The van der Waals surface area contributed by atoms with Crippen LogP contribution >= 0.6 is 0 Å². The van der Waals surface area contributed by atoms with Crippen molar-refractivity contribution in [3.8, 4) is 0 Å². The molecule has 0 atom stereocenters. The first-order valence-electron chi connectivity index (χ1n) is 4.56. The standard InChI is InChI=1S/C10H18O3/c1-8(5-11)4-9-12-6-10(2,3)7-13-9/h5,9,11H,4,6-7H2,1-3H3/b8-5-. The minimum Gasteiger partial charge on any atom is -0.516 e. The molecule has 1 heterocycles. The number of hydrogen-bond donors (Lipinski definition) is 1. The van der Waals surface area contributed by atoms with E-state index in [2.05, 4.69) is 13.8 Å². The molecule has 3 nitrogen and oxygen atoms in total. The molecule has 0 aliphatic carbocycles. The largest absolute Gasteiger partial charge is 0.516 e. The summed E-state index contributed by atoms with van der Waals surface area (Å²) in [6.07, 6.45) is 1.57. The normalized spacial score (nSPS) is 24.7. The molecule has 1 N–H and O–H groups in total.